The van der Waals surface area contributed by atoms with Crippen molar-refractivity contribution in [2.75, 3.05) is 0 Å². The summed E-state index contributed by atoms with van der Waals surface area (Å²) in [5.74, 6) is 1.82. The van der Waals surface area contributed by atoms with E-state index in [2.05, 4.69) is 195 Å². The lowest BCUT2D eigenvalue weighted by Gasteiger charge is -2.29. The average Bonchev–Trinajstić information content (AvgIpc) is 4.01. The summed E-state index contributed by atoms with van der Waals surface area (Å²) >= 11 is 0. The summed E-state index contributed by atoms with van der Waals surface area (Å²) in [7, 11) is 0. The van der Waals surface area contributed by atoms with E-state index in [1.54, 1.807) is 0 Å². The quantitative estimate of drug-likeness (QED) is 0.155. The Morgan fingerprint density at radius 1 is 0.362 bits per heavy atom. The zero-order valence-corrected chi connectivity index (χ0v) is 33.6. The van der Waals surface area contributed by atoms with Crippen LogP contribution in [0.3, 0.4) is 0 Å². The van der Waals surface area contributed by atoms with E-state index in [1.807, 2.05) is 0 Å². The Morgan fingerprint density at radius 2 is 0.707 bits per heavy atom. The molecule has 0 amide bonds. The smallest absolute Gasteiger partial charge is 0.146 e. The van der Waals surface area contributed by atoms with E-state index >= 15 is 0 Å². The number of hydrogen-bond donors (Lipinski definition) is 0. The van der Waals surface area contributed by atoms with Gasteiger partial charge in [-0.05, 0) is 119 Å². The molecule has 0 atom stereocenters. The largest absolute Gasteiger partial charge is 0.292 e. The lowest BCUT2D eigenvalue weighted by Crippen LogP contribution is -2.23. The fraction of sp³-hybridized carbons (Fsp3) is 0.185. The number of hydrogen-bond acceptors (Lipinski definition) is 2. The van der Waals surface area contributed by atoms with Gasteiger partial charge < -0.3 is 0 Å². The number of benzene rings is 7. The first-order valence-electron chi connectivity index (χ1n) is 21.1. The third-order valence-corrected chi connectivity index (χ3v) is 13.9. The van der Waals surface area contributed by atoms with Crippen molar-refractivity contribution in [1.29, 1.82) is 0 Å². The van der Waals surface area contributed by atoms with Crippen LogP contribution in [0.25, 0.3) is 78.5 Å². The summed E-state index contributed by atoms with van der Waals surface area (Å²) in [6.07, 6.45) is 4.15. The van der Waals surface area contributed by atoms with Crippen LogP contribution in [0.5, 0.6) is 0 Å². The monoisotopic (exact) mass is 750 g/mol. The highest BCUT2D eigenvalue weighted by atomic mass is 15.1. The maximum Gasteiger partial charge on any atom is 0.146 e. The Labute approximate surface area is 340 Å². The van der Waals surface area contributed by atoms with Crippen molar-refractivity contribution in [2.45, 2.75) is 64.2 Å². The number of fused-ring (bicyclic) bond motifs is 8. The van der Waals surface area contributed by atoms with Crippen molar-refractivity contribution in [2.24, 2.45) is 0 Å². The molecule has 7 aromatic carbocycles. The minimum atomic E-state index is -0.0432. The number of rotatable bonds is 8. The normalized spacial score (nSPS) is 14.4. The molecule has 2 aliphatic rings. The standard InChI is InChI=1S/C54H46N4/c1-5-53(6-2)43-29-19-17-25-37(43)41-31-47-49(33-45(41)53)57(35-21-11-9-12-22-35)51(55-47)39-27-15-16-28-40(39)52-56-48-32-42-38-26-18-20-30-44(38)54(7-3,8-4)46(42)34-50(48)58(52)36-23-13-10-14-24-36/h9-34H,5-8H2,1-4H3. The van der Waals surface area contributed by atoms with Gasteiger partial charge in [-0.2, -0.15) is 0 Å². The predicted octanol–water partition coefficient (Wildman–Crippen LogP) is 13.9. The molecule has 2 heterocycles. The van der Waals surface area contributed by atoms with Gasteiger partial charge in [-0.1, -0.05) is 137 Å². The van der Waals surface area contributed by atoms with E-state index in [1.165, 1.54) is 44.5 Å². The summed E-state index contributed by atoms with van der Waals surface area (Å²) in [4.78, 5) is 11.2. The van der Waals surface area contributed by atoms with Gasteiger partial charge in [-0.3, -0.25) is 9.13 Å². The van der Waals surface area contributed by atoms with Crippen LogP contribution in [0.4, 0.5) is 0 Å². The van der Waals surface area contributed by atoms with Gasteiger partial charge in [0.2, 0.25) is 0 Å². The van der Waals surface area contributed by atoms with Crippen LogP contribution >= 0.6 is 0 Å². The Kier molecular flexibility index (Phi) is 7.78. The maximum absolute atomic E-state index is 5.59. The second-order valence-corrected chi connectivity index (χ2v) is 16.2. The molecule has 0 bridgehead atoms. The second-order valence-electron chi connectivity index (χ2n) is 16.2. The Hall–Kier alpha value is -6.52. The molecule has 2 aliphatic carbocycles. The van der Waals surface area contributed by atoms with Gasteiger partial charge in [-0.25, -0.2) is 9.97 Å². The predicted molar refractivity (Wildman–Crippen MR) is 240 cm³/mol. The molecular weight excluding hydrogens is 705 g/mol. The van der Waals surface area contributed by atoms with Crippen LogP contribution < -0.4 is 0 Å². The molecule has 0 spiro atoms. The van der Waals surface area contributed by atoms with Crippen LogP contribution in [-0.4, -0.2) is 19.1 Å². The van der Waals surface area contributed by atoms with E-state index in [9.17, 15) is 0 Å². The van der Waals surface area contributed by atoms with Crippen molar-refractivity contribution in [1.82, 2.24) is 19.1 Å². The zero-order valence-electron chi connectivity index (χ0n) is 33.6. The number of nitrogens with zero attached hydrogens (tertiary/aromatic N) is 4. The molecule has 0 N–H and O–H groups in total. The topological polar surface area (TPSA) is 35.6 Å². The first-order chi connectivity index (χ1) is 28.5. The van der Waals surface area contributed by atoms with Gasteiger partial charge in [0.1, 0.15) is 11.6 Å². The second kappa shape index (κ2) is 13.0. The third-order valence-electron chi connectivity index (χ3n) is 13.9. The van der Waals surface area contributed by atoms with E-state index in [4.69, 9.17) is 9.97 Å². The molecule has 0 aliphatic heterocycles. The van der Waals surface area contributed by atoms with Gasteiger partial charge in [0.15, 0.2) is 0 Å². The van der Waals surface area contributed by atoms with Crippen molar-refractivity contribution in [3.8, 4) is 56.4 Å². The van der Waals surface area contributed by atoms with E-state index in [-0.39, 0.29) is 10.8 Å². The summed E-state index contributed by atoms with van der Waals surface area (Å²) in [6.45, 7) is 9.36. The summed E-state index contributed by atoms with van der Waals surface area (Å²) in [6, 6.07) is 57.9. The van der Waals surface area contributed by atoms with Crippen LogP contribution in [0.1, 0.15) is 75.6 Å². The van der Waals surface area contributed by atoms with Gasteiger partial charge in [0.25, 0.3) is 0 Å². The van der Waals surface area contributed by atoms with E-state index < -0.39 is 0 Å². The van der Waals surface area contributed by atoms with Gasteiger partial charge in [0, 0.05) is 33.3 Å². The molecule has 0 saturated carbocycles. The minimum absolute atomic E-state index is 0.0432. The number of imidazole rings is 2. The highest BCUT2D eigenvalue weighted by molar-refractivity contribution is 5.97. The summed E-state index contributed by atoms with van der Waals surface area (Å²) in [5, 5.41) is 0. The number of aromatic nitrogens is 4. The zero-order chi connectivity index (χ0) is 39.2. The molecule has 0 unspecified atom stereocenters. The molecule has 11 rings (SSSR count). The first kappa shape index (κ1) is 34.7. The molecule has 58 heavy (non-hydrogen) atoms. The lowest BCUT2D eigenvalue weighted by atomic mass is 9.74. The van der Waals surface area contributed by atoms with E-state index in [0.717, 1.165) is 81.9 Å². The van der Waals surface area contributed by atoms with Crippen molar-refractivity contribution in [3.05, 3.63) is 180 Å². The van der Waals surface area contributed by atoms with Crippen LogP contribution in [0.15, 0.2) is 158 Å². The molecule has 0 saturated heterocycles. The first-order valence-corrected chi connectivity index (χ1v) is 21.1. The lowest BCUT2D eigenvalue weighted by molar-refractivity contribution is 0.491. The van der Waals surface area contributed by atoms with E-state index in [0.29, 0.717) is 0 Å². The molecular formula is C54H46N4. The van der Waals surface area contributed by atoms with Crippen LogP contribution in [0, 0.1) is 0 Å². The molecule has 0 fully saturated rings. The average molecular weight is 751 g/mol. The van der Waals surface area contributed by atoms with Crippen molar-refractivity contribution in [3.63, 3.8) is 0 Å². The molecule has 4 heteroatoms. The SMILES string of the molecule is CCC1(CC)c2ccccc2-c2cc3nc(-c4ccccc4-c4nc5cc6c(cc5n4-c4ccccc4)C(CC)(CC)c4ccccc4-6)n(-c4ccccc4)c3cc21. The molecule has 4 nitrogen and oxygen atoms in total. The fourth-order valence-electron chi connectivity index (χ4n) is 11.0. The third kappa shape index (κ3) is 4.63. The summed E-state index contributed by atoms with van der Waals surface area (Å²) in [5.41, 5.74) is 19.4. The molecule has 2 aromatic heterocycles. The van der Waals surface area contributed by atoms with Crippen LogP contribution in [0.2, 0.25) is 0 Å². The van der Waals surface area contributed by atoms with Gasteiger partial charge in [0.05, 0.1) is 22.1 Å². The molecule has 9 aromatic rings. The maximum atomic E-state index is 5.59. The highest BCUT2D eigenvalue weighted by Crippen LogP contribution is 2.55. The summed E-state index contributed by atoms with van der Waals surface area (Å²) < 4.78 is 4.76. The fourth-order valence-corrected chi connectivity index (χ4v) is 11.0. The Bertz CT molecular complexity index is 2840. The number of para-hydroxylation sites is 2. The Balaban J connectivity index is 1.19. The van der Waals surface area contributed by atoms with Crippen LogP contribution in [-0.2, 0) is 10.8 Å². The van der Waals surface area contributed by atoms with Crippen molar-refractivity contribution >= 4 is 22.1 Å². The van der Waals surface area contributed by atoms with Gasteiger partial charge >= 0.3 is 0 Å². The minimum Gasteiger partial charge on any atom is -0.292 e. The Morgan fingerprint density at radius 3 is 1.09 bits per heavy atom. The highest BCUT2D eigenvalue weighted by Gasteiger charge is 2.42. The van der Waals surface area contributed by atoms with Gasteiger partial charge in [-0.15, -0.1) is 0 Å². The molecule has 0 radical (unpaired) electrons. The molecule has 282 valence electrons. The van der Waals surface area contributed by atoms with Crippen molar-refractivity contribution < 1.29 is 0 Å².